The summed E-state index contributed by atoms with van der Waals surface area (Å²) in [6, 6.07) is 5.29. The van der Waals surface area contributed by atoms with Gasteiger partial charge in [0.2, 0.25) is 0 Å². The molecule has 0 heterocycles. The van der Waals surface area contributed by atoms with Gasteiger partial charge in [0.25, 0.3) is 5.69 Å². The van der Waals surface area contributed by atoms with Crippen molar-refractivity contribution < 1.29 is 4.92 Å². The van der Waals surface area contributed by atoms with Crippen LogP contribution in [-0.4, -0.2) is 16.1 Å². The number of nitrogens with one attached hydrogen (secondary N) is 1. The zero-order valence-corrected chi connectivity index (χ0v) is 13.3. The second-order valence-corrected chi connectivity index (χ2v) is 6.50. The average molecular weight is 296 g/mol. The van der Waals surface area contributed by atoms with E-state index in [9.17, 15) is 10.1 Å². The number of benzene rings is 1. The second-order valence-electron chi connectivity index (χ2n) is 5.07. The zero-order chi connectivity index (χ0) is 15.0. The number of hydrogen-bond acceptors (Lipinski definition) is 4. The molecule has 20 heavy (non-hydrogen) atoms. The first-order valence-corrected chi connectivity index (χ1v) is 8.20. The maximum Gasteiger partial charge on any atom is 0.292 e. The lowest BCUT2D eigenvalue weighted by atomic mass is 10.2. The molecule has 0 saturated heterocycles. The van der Waals surface area contributed by atoms with Gasteiger partial charge in [0, 0.05) is 11.3 Å². The predicted octanol–water partition coefficient (Wildman–Crippen LogP) is 4.97. The van der Waals surface area contributed by atoms with Crippen molar-refractivity contribution in [3.05, 3.63) is 33.9 Å². The van der Waals surface area contributed by atoms with Gasteiger partial charge in [0.1, 0.15) is 5.69 Å². The van der Waals surface area contributed by atoms with Crippen LogP contribution in [0.1, 0.15) is 45.1 Å². The van der Waals surface area contributed by atoms with Crippen molar-refractivity contribution in [3.8, 4) is 0 Å². The average Bonchev–Trinajstić information content (AvgIpc) is 2.40. The number of rotatable bonds is 9. The Morgan fingerprint density at radius 2 is 2.15 bits per heavy atom. The lowest BCUT2D eigenvalue weighted by Gasteiger charge is -2.12. The molecule has 0 fully saturated rings. The Morgan fingerprint density at radius 1 is 1.40 bits per heavy atom. The molecule has 0 amide bonds. The maximum atomic E-state index is 11.0. The largest absolute Gasteiger partial charge is 0.370 e. The summed E-state index contributed by atoms with van der Waals surface area (Å²) >= 11 is 1.81. The standard InChI is InChI=1S/C15H24N2O2S/c1-4-5-6-7-13(3)20-11-16-14-9-8-12(2)10-15(14)17(18)19/h8-10,13,16H,4-7,11H2,1-3H3/t13-/m0/s1. The Morgan fingerprint density at radius 3 is 2.80 bits per heavy atom. The van der Waals surface area contributed by atoms with Gasteiger partial charge in [-0.2, -0.15) is 0 Å². The van der Waals surface area contributed by atoms with Crippen molar-refractivity contribution in [2.75, 3.05) is 11.2 Å². The van der Waals surface area contributed by atoms with Gasteiger partial charge in [0.15, 0.2) is 0 Å². The van der Waals surface area contributed by atoms with Crippen molar-refractivity contribution in [1.82, 2.24) is 0 Å². The third-order valence-corrected chi connectivity index (χ3v) is 4.31. The van der Waals surface area contributed by atoms with E-state index in [1.807, 2.05) is 24.8 Å². The molecule has 1 N–H and O–H groups in total. The highest BCUT2D eigenvalue weighted by Gasteiger charge is 2.13. The third-order valence-electron chi connectivity index (χ3n) is 3.19. The molecule has 0 unspecified atom stereocenters. The quantitative estimate of drug-likeness (QED) is 0.302. The van der Waals surface area contributed by atoms with Crippen molar-refractivity contribution in [2.24, 2.45) is 0 Å². The zero-order valence-electron chi connectivity index (χ0n) is 12.5. The number of hydrogen-bond donors (Lipinski definition) is 1. The highest BCUT2D eigenvalue weighted by atomic mass is 32.2. The fourth-order valence-corrected chi connectivity index (χ4v) is 2.83. The van der Waals surface area contributed by atoms with Crippen LogP contribution in [0.5, 0.6) is 0 Å². The Labute approximate surface area is 125 Å². The number of aryl methyl sites for hydroxylation is 1. The SMILES string of the molecule is CCCCC[C@H](C)SCNc1ccc(C)cc1[N+](=O)[O-]. The molecular formula is C15H24N2O2S. The summed E-state index contributed by atoms with van der Waals surface area (Å²) in [6.07, 6.45) is 4.98. The Bertz CT molecular complexity index is 438. The van der Waals surface area contributed by atoms with Gasteiger partial charge in [-0.05, 0) is 25.0 Å². The monoisotopic (exact) mass is 296 g/mol. The van der Waals surface area contributed by atoms with Gasteiger partial charge in [-0.3, -0.25) is 10.1 Å². The third kappa shape index (κ3) is 5.82. The van der Waals surface area contributed by atoms with Gasteiger partial charge in [-0.25, -0.2) is 0 Å². The first kappa shape index (κ1) is 16.8. The molecule has 0 aliphatic rings. The predicted molar refractivity (Wildman–Crippen MR) is 87.5 cm³/mol. The Kier molecular flexibility index (Phi) is 7.44. The van der Waals surface area contributed by atoms with Gasteiger partial charge < -0.3 is 5.32 Å². The number of unbranched alkanes of at least 4 members (excludes halogenated alkanes) is 2. The number of nitro groups is 1. The first-order chi connectivity index (χ1) is 9.54. The first-order valence-electron chi connectivity index (χ1n) is 7.15. The number of anilines is 1. The van der Waals surface area contributed by atoms with Crippen molar-refractivity contribution in [3.63, 3.8) is 0 Å². The van der Waals surface area contributed by atoms with Gasteiger partial charge in [0.05, 0.1) is 10.8 Å². The smallest absolute Gasteiger partial charge is 0.292 e. The lowest BCUT2D eigenvalue weighted by Crippen LogP contribution is -2.06. The molecule has 1 aromatic carbocycles. The highest BCUT2D eigenvalue weighted by Crippen LogP contribution is 2.26. The van der Waals surface area contributed by atoms with E-state index in [4.69, 9.17) is 0 Å². The summed E-state index contributed by atoms with van der Waals surface area (Å²) in [6.45, 7) is 6.28. The molecular weight excluding hydrogens is 272 g/mol. The topological polar surface area (TPSA) is 55.2 Å². The van der Waals surface area contributed by atoms with Crippen LogP contribution < -0.4 is 5.32 Å². The molecule has 1 rings (SSSR count). The molecule has 1 aromatic rings. The molecule has 0 aliphatic carbocycles. The van der Waals surface area contributed by atoms with Crippen molar-refractivity contribution in [2.45, 2.75) is 51.7 Å². The van der Waals surface area contributed by atoms with Crippen LogP contribution in [0.25, 0.3) is 0 Å². The Balaban J connectivity index is 2.44. The van der Waals surface area contributed by atoms with E-state index in [2.05, 4.69) is 19.2 Å². The molecule has 1 atom stereocenters. The fourth-order valence-electron chi connectivity index (χ4n) is 1.97. The lowest BCUT2D eigenvalue weighted by molar-refractivity contribution is -0.384. The van der Waals surface area contributed by atoms with Gasteiger partial charge in [-0.15, -0.1) is 11.8 Å². The van der Waals surface area contributed by atoms with Crippen molar-refractivity contribution in [1.29, 1.82) is 0 Å². The van der Waals surface area contributed by atoms with Crippen LogP contribution in [0.15, 0.2) is 18.2 Å². The molecule has 112 valence electrons. The van der Waals surface area contributed by atoms with Crippen LogP contribution in [-0.2, 0) is 0 Å². The minimum absolute atomic E-state index is 0.157. The van der Waals surface area contributed by atoms with E-state index in [0.717, 1.165) is 5.56 Å². The normalized spacial score (nSPS) is 12.2. The maximum absolute atomic E-state index is 11.0. The molecule has 0 aliphatic heterocycles. The van der Waals surface area contributed by atoms with Crippen LogP contribution in [0.4, 0.5) is 11.4 Å². The molecule has 0 saturated carbocycles. The molecule has 0 radical (unpaired) electrons. The number of nitrogens with zero attached hydrogens (tertiary/aromatic N) is 1. The van der Waals surface area contributed by atoms with E-state index in [0.29, 0.717) is 16.8 Å². The van der Waals surface area contributed by atoms with E-state index in [-0.39, 0.29) is 10.6 Å². The summed E-state index contributed by atoms with van der Waals surface area (Å²) in [5, 5.41) is 14.8. The van der Waals surface area contributed by atoms with Crippen LogP contribution in [0.3, 0.4) is 0 Å². The number of thioether (sulfide) groups is 1. The molecule has 0 spiro atoms. The number of nitro benzene ring substituents is 1. The highest BCUT2D eigenvalue weighted by molar-refractivity contribution is 7.99. The molecule has 0 aromatic heterocycles. The minimum Gasteiger partial charge on any atom is -0.370 e. The van der Waals surface area contributed by atoms with E-state index >= 15 is 0 Å². The van der Waals surface area contributed by atoms with E-state index in [1.165, 1.54) is 25.7 Å². The minimum atomic E-state index is -0.329. The van der Waals surface area contributed by atoms with Crippen molar-refractivity contribution >= 4 is 23.1 Å². The molecule has 0 bridgehead atoms. The summed E-state index contributed by atoms with van der Waals surface area (Å²) in [7, 11) is 0. The van der Waals surface area contributed by atoms with E-state index in [1.54, 1.807) is 12.1 Å². The fraction of sp³-hybridized carbons (Fsp3) is 0.600. The van der Waals surface area contributed by atoms with Gasteiger partial charge in [-0.1, -0.05) is 39.2 Å². The van der Waals surface area contributed by atoms with Crippen LogP contribution >= 0.6 is 11.8 Å². The summed E-state index contributed by atoms with van der Waals surface area (Å²) in [5.41, 5.74) is 1.67. The van der Waals surface area contributed by atoms with Crippen LogP contribution in [0, 0.1) is 17.0 Å². The molecule has 4 nitrogen and oxygen atoms in total. The summed E-state index contributed by atoms with van der Waals surface area (Å²) in [5.74, 6) is 0.706. The van der Waals surface area contributed by atoms with E-state index < -0.39 is 0 Å². The van der Waals surface area contributed by atoms with Crippen LogP contribution in [0.2, 0.25) is 0 Å². The van der Waals surface area contributed by atoms with Gasteiger partial charge >= 0.3 is 0 Å². The Hall–Kier alpha value is -1.23. The molecule has 5 heteroatoms. The second kappa shape index (κ2) is 8.84. The summed E-state index contributed by atoms with van der Waals surface area (Å²) < 4.78 is 0. The summed E-state index contributed by atoms with van der Waals surface area (Å²) in [4.78, 5) is 10.7.